The van der Waals surface area contributed by atoms with Crippen LogP contribution in [-0.4, -0.2) is 23.9 Å². The van der Waals surface area contributed by atoms with Crippen molar-refractivity contribution in [2.24, 2.45) is 0 Å². The highest BCUT2D eigenvalue weighted by atomic mass is 35.5. The first kappa shape index (κ1) is 16.6. The van der Waals surface area contributed by atoms with Crippen molar-refractivity contribution >= 4 is 28.9 Å². The number of aliphatic hydroxyl groups is 1. The Hall–Kier alpha value is -1.45. The summed E-state index contributed by atoms with van der Waals surface area (Å²) in [6.07, 6.45) is -0.481. The lowest BCUT2D eigenvalue weighted by molar-refractivity contribution is 0.124. The first-order valence-corrected chi connectivity index (χ1v) is 6.67. The molecule has 0 saturated carbocycles. The summed E-state index contributed by atoms with van der Waals surface area (Å²) in [5.74, 6) is 0.813. The highest BCUT2D eigenvalue weighted by molar-refractivity contribution is 5.93. The van der Waals surface area contributed by atoms with Gasteiger partial charge in [0.25, 0.3) is 0 Å². The van der Waals surface area contributed by atoms with E-state index >= 15 is 0 Å². The van der Waals surface area contributed by atoms with Crippen LogP contribution < -0.4 is 10.1 Å². The van der Waals surface area contributed by atoms with Crippen LogP contribution in [0.3, 0.4) is 0 Å². The first-order chi connectivity index (χ1) is 9.08. The molecule has 20 heavy (non-hydrogen) atoms. The molecular formula is C16H22ClNO2. The van der Waals surface area contributed by atoms with E-state index in [-0.39, 0.29) is 12.4 Å². The average molecular weight is 296 g/mol. The quantitative estimate of drug-likeness (QED) is 0.880. The summed E-state index contributed by atoms with van der Waals surface area (Å²) in [5, 5.41) is 15.0. The highest BCUT2D eigenvalue weighted by Gasteiger charge is 2.10. The second-order valence-corrected chi connectivity index (χ2v) is 5.12. The minimum absolute atomic E-state index is 0. The molecule has 0 aliphatic rings. The SMILES string of the molecule is CC(O)COc1c(NC(C)C)ccc2ccccc12.Cl. The number of halogens is 1. The summed E-state index contributed by atoms with van der Waals surface area (Å²) in [5.41, 5.74) is 0.967. The largest absolute Gasteiger partial charge is 0.488 e. The maximum atomic E-state index is 9.41. The smallest absolute Gasteiger partial charge is 0.150 e. The Labute approximate surface area is 126 Å². The molecule has 0 heterocycles. The molecule has 0 bridgehead atoms. The van der Waals surface area contributed by atoms with E-state index in [0.29, 0.717) is 12.6 Å². The van der Waals surface area contributed by atoms with E-state index in [0.717, 1.165) is 22.2 Å². The zero-order chi connectivity index (χ0) is 13.8. The van der Waals surface area contributed by atoms with Crippen LogP contribution in [0.15, 0.2) is 36.4 Å². The molecule has 0 saturated heterocycles. The molecule has 2 rings (SSSR count). The molecule has 1 atom stereocenters. The summed E-state index contributed by atoms with van der Waals surface area (Å²) in [7, 11) is 0. The zero-order valence-corrected chi connectivity index (χ0v) is 12.9. The van der Waals surface area contributed by atoms with Crippen LogP contribution >= 0.6 is 12.4 Å². The van der Waals surface area contributed by atoms with Gasteiger partial charge in [0.15, 0.2) is 0 Å². The lowest BCUT2D eigenvalue weighted by atomic mass is 10.1. The summed E-state index contributed by atoms with van der Waals surface area (Å²) >= 11 is 0. The lowest BCUT2D eigenvalue weighted by Gasteiger charge is -2.18. The van der Waals surface area contributed by atoms with Gasteiger partial charge in [-0.1, -0.05) is 30.3 Å². The number of nitrogens with one attached hydrogen (secondary N) is 1. The van der Waals surface area contributed by atoms with Gasteiger partial charge in [-0.05, 0) is 32.2 Å². The molecule has 0 aliphatic carbocycles. The highest BCUT2D eigenvalue weighted by Crippen LogP contribution is 2.34. The Morgan fingerprint density at radius 1 is 1.10 bits per heavy atom. The molecule has 3 nitrogen and oxygen atoms in total. The van der Waals surface area contributed by atoms with Crippen LogP contribution in [0.5, 0.6) is 5.75 Å². The lowest BCUT2D eigenvalue weighted by Crippen LogP contribution is -2.16. The topological polar surface area (TPSA) is 41.5 Å². The van der Waals surface area contributed by atoms with E-state index in [9.17, 15) is 5.11 Å². The van der Waals surface area contributed by atoms with E-state index in [1.165, 1.54) is 0 Å². The summed E-state index contributed by atoms with van der Waals surface area (Å²) in [6, 6.07) is 12.5. The molecule has 4 heteroatoms. The summed E-state index contributed by atoms with van der Waals surface area (Å²) < 4.78 is 5.80. The van der Waals surface area contributed by atoms with Gasteiger partial charge < -0.3 is 15.2 Å². The Morgan fingerprint density at radius 3 is 2.45 bits per heavy atom. The van der Waals surface area contributed by atoms with Crippen LogP contribution in [-0.2, 0) is 0 Å². The van der Waals surface area contributed by atoms with Crippen molar-refractivity contribution in [3.05, 3.63) is 36.4 Å². The van der Waals surface area contributed by atoms with Crippen LogP contribution in [0.4, 0.5) is 5.69 Å². The van der Waals surface area contributed by atoms with E-state index in [2.05, 4.69) is 31.3 Å². The van der Waals surface area contributed by atoms with Crippen LogP contribution in [0.2, 0.25) is 0 Å². The summed E-state index contributed by atoms with van der Waals surface area (Å²) in [4.78, 5) is 0. The Balaban J connectivity index is 0.00000200. The van der Waals surface area contributed by atoms with Crippen molar-refractivity contribution in [2.75, 3.05) is 11.9 Å². The normalized spacial score (nSPS) is 12.1. The second kappa shape index (κ2) is 7.36. The molecule has 0 fully saturated rings. The van der Waals surface area contributed by atoms with E-state index in [1.807, 2.05) is 24.3 Å². The number of hydrogen-bond donors (Lipinski definition) is 2. The fraction of sp³-hybridized carbons (Fsp3) is 0.375. The van der Waals surface area contributed by atoms with Gasteiger partial charge in [0.1, 0.15) is 12.4 Å². The standard InChI is InChI=1S/C16H21NO2.ClH/c1-11(2)17-15-9-8-13-6-4-5-7-14(13)16(15)19-10-12(3)18;/h4-9,11-12,17-18H,10H2,1-3H3;1H. The Bertz CT molecular complexity index is 555. The molecule has 0 aliphatic heterocycles. The second-order valence-electron chi connectivity index (χ2n) is 5.12. The average Bonchev–Trinajstić information content (AvgIpc) is 2.36. The van der Waals surface area contributed by atoms with Crippen molar-refractivity contribution in [3.63, 3.8) is 0 Å². The molecule has 2 aromatic rings. The minimum Gasteiger partial charge on any atom is -0.488 e. The van der Waals surface area contributed by atoms with Gasteiger partial charge in [-0.25, -0.2) is 0 Å². The molecule has 1 unspecified atom stereocenters. The minimum atomic E-state index is -0.481. The van der Waals surface area contributed by atoms with E-state index in [4.69, 9.17) is 4.74 Å². The van der Waals surface area contributed by atoms with Gasteiger partial charge in [-0.2, -0.15) is 0 Å². The molecule has 110 valence electrons. The van der Waals surface area contributed by atoms with Gasteiger partial charge in [-0.3, -0.25) is 0 Å². The number of aliphatic hydroxyl groups excluding tert-OH is 1. The molecule has 2 aromatic carbocycles. The summed E-state index contributed by atoms with van der Waals surface area (Å²) in [6.45, 7) is 6.20. The number of ether oxygens (including phenoxy) is 1. The molecule has 0 spiro atoms. The third-order valence-corrected chi connectivity index (χ3v) is 2.79. The number of benzene rings is 2. The van der Waals surface area contributed by atoms with Gasteiger partial charge in [-0.15, -0.1) is 12.4 Å². The fourth-order valence-corrected chi connectivity index (χ4v) is 2.03. The maximum Gasteiger partial charge on any atom is 0.150 e. The zero-order valence-electron chi connectivity index (χ0n) is 12.1. The van der Waals surface area contributed by atoms with E-state index in [1.54, 1.807) is 6.92 Å². The third-order valence-electron chi connectivity index (χ3n) is 2.79. The number of anilines is 1. The number of rotatable bonds is 5. The molecule has 0 radical (unpaired) electrons. The van der Waals surface area contributed by atoms with Crippen molar-refractivity contribution in [1.82, 2.24) is 0 Å². The molecule has 2 N–H and O–H groups in total. The Kier molecular flexibility index (Phi) is 6.11. The van der Waals surface area contributed by atoms with Crippen molar-refractivity contribution in [2.45, 2.75) is 32.9 Å². The monoisotopic (exact) mass is 295 g/mol. The van der Waals surface area contributed by atoms with Gasteiger partial charge in [0, 0.05) is 11.4 Å². The van der Waals surface area contributed by atoms with Gasteiger partial charge >= 0.3 is 0 Å². The van der Waals surface area contributed by atoms with Crippen molar-refractivity contribution in [1.29, 1.82) is 0 Å². The van der Waals surface area contributed by atoms with Gasteiger partial charge in [0.2, 0.25) is 0 Å². The number of hydrogen-bond acceptors (Lipinski definition) is 3. The Morgan fingerprint density at radius 2 is 1.80 bits per heavy atom. The third kappa shape index (κ3) is 4.02. The fourth-order valence-electron chi connectivity index (χ4n) is 2.03. The maximum absolute atomic E-state index is 9.41. The van der Waals surface area contributed by atoms with Crippen LogP contribution in [0, 0.1) is 0 Å². The van der Waals surface area contributed by atoms with Crippen molar-refractivity contribution in [3.8, 4) is 5.75 Å². The first-order valence-electron chi connectivity index (χ1n) is 6.67. The molecule has 0 amide bonds. The number of fused-ring (bicyclic) bond motifs is 1. The van der Waals surface area contributed by atoms with Crippen LogP contribution in [0.1, 0.15) is 20.8 Å². The predicted octanol–water partition coefficient (Wildman–Crippen LogP) is 3.84. The van der Waals surface area contributed by atoms with E-state index < -0.39 is 6.10 Å². The van der Waals surface area contributed by atoms with Crippen molar-refractivity contribution < 1.29 is 9.84 Å². The molecule has 0 aromatic heterocycles. The van der Waals surface area contributed by atoms with Crippen LogP contribution in [0.25, 0.3) is 10.8 Å². The predicted molar refractivity (Wildman–Crippen MR) is 87.1 cm³/mol. The molecular weight excluding hydrogens is 274 g/mol. The van der Waals surface area contributed by atoms with Gasteiger partial charge in [0.05, 0.1) is 11.8 Å².